The Morgan fingerprint density at radius 3 is 1.40 bits per heavy atom. The van der Waals surface area contributed by atoms with Gasteiger partial charge in [0.2, 0.25) is 0 Å². The second-order valence-corrected chi connectivity index (χ2v) is 27.8. The van der Waals surface area contributed by atoms with Crippen molar-refractivity contribution in [2.24, 2.45) is 11.8 Å². The minimum Gasteiger partial charge on any atom is -0.495 e. The molecule has 6 heterocycles. The molecule has 2 amide bonds. The third-order valence-electron chi connectivity index (χ3n) is 14.6. The second kappa shape index (κ2) is 32.8. The lowest BCUT2D eigenvalue weighted by Gasteiger charge is -2.39. The van der Waals surface area contributed by atoms with Gasteiger partial charge >= 0.3 is 12.2 Å². The minimum absolute atomic E-state index is 0.0977. The van der Waals surface area contributed by atoms with Crippen LogP contribution >= 0.6 is 46.4 Å². The average molecular weight is 1480 g/mol. The first-order valence-electron chi connectivity index (χ1n) is 30.3. The highest BCUT2D eigenvalue weighted by atomic mass is 35.5. The number of sulfone groups is 1. The molecule has 10 rings (SSSR count). The molecular formula is C66H71Cl4N13O16S. The van der Waals surface area contributed by atoms with E-state index in [1.807, 2.05) is 47.6 Å². The predicted molar refractivity (Wildman–Crippen MR) is 376 cm³/mol. The number of carbonyl (C=O) groups is 2. The number of hydrogen-bond acceptors (Lipinski definition) is 25. The van der Waals surface area contributed by atoms with Gasteiger partial charge < -0.3 is 64.1 Å². The van der Waals surface area contributed by atoms with E-state index in [1.165, 1.54) is 65.4 Å². The van der Waals surface area contributed by atoms with Gasteiger partial charge in [-0.15, -0.1) is 0 Å². The van der Waals surface area contributed by atoms with Gasteiger partial charge in [-0.3, -0.25) is 20.2 Å². The largest absolute Gasteiger partial charge is 0.495 e. The SMILES string of the molecule is CC(C)(C)OC(=O)N1CC(COc2ccc(N)c([N+](=O)[O-])c2)C1.COc1cc(OC)c(Cl)c(Nc2ncccc2-c2cc(Cc3ccc(OCC4CN(C(=O)OC(C)(C)C)C4)cc3[N+](=O)[O-])ncn2)c1Cl.COc1cc(OC)c(Cl)c(Nc2ncccc2-c2cc(S(C)(=O)=O)ncn2)c1Cl. The number of ether oxygens (including phenoxy) is 8. The normalized spacial score (nSPS) is 12.9. The second-order valence-electron chi connectivity index (χ2n) is 24.4. The van der Waals surface area contributed by atoms with Crippen molar-refractivity contribution >= 4 is 109 Å². The summed E-state index contributed by atoms with van der Waals surface area (Å²) in [5, 5.41) is 30.0. The van der Waals surface area contributed by atoms with E-state index in [0.717, 1.165) is 6.26 Å². The summed E-state index contributed by atoms with van der Waals surface area (Å²) >= 11 is 26.0. The molecule has 0 bridgehead atoms. The predicted octanol–water partition coefficient (Wildman–Crippen LogP) is 13.8. The Bertz CT molecular complexity index is 4390. The van der Waals surface area contributed by atoms with Crippen LogP contribution in [0.5, 0.6) is 34.5 Å². The van der Waals surface area contributed by atoms with Crippen LogP contribution in [0.2, 0.25) is 20.1 Å². The molecule has 0 radical (unpaired) electrons. The number of amides is 2. The van der Waals surface area contributed by atoms with Gasteiger partial charge in [-0.1, -0.05) is 46.4 Å². The quantitative estimate of drug-likeness (QED) is 0.0260. The Balaban J connectivity index is 0.000000208. The van der Waals surface area contributed by atoms with Gasteiger partial charge in [-0.2, -0.15) is 0 Å². The van der Waals surface area contributed by atoms with Crippen LogP contribution in [0.1, 0.15) is 52.8 Å². The van der Waals surface area contributed by atoms with Crippen LogP contribution in [-0.2, 0) is 25.7 Å². The fourth-order valence-electron chi connectivity index (χ4n) is 9.63. The molecule has 100 heavy (non-hydrogen) atoms. The highest BCUT2D eigenvalue weighted by Gasteiger charge is 2.36. The van der Waals surface area contributed by atoms with Gasteiger partial charge in [-0.05, 0) is 96.1 Å². The number of likely N-dealkylation sites (tertiary alicyclic amines) is 2. The Labute approximate surface area is 595 Å². The molecule has 8 aromatic rings. The van der Waals surface area contributed by atoms with Crippen molar-refractivity contribution in [1.29, 1.82) is 0 Å². The molecule has 0 aliphatic carbocycles. The summed E-state index contributed by atoms with van der Waals surface area (Å²) in [4.78, 5) is 74.6. The molecule has 0 unspecified atom stereocenters. The Kier molecular flexibility index (Phi) is 24.8. The van der Waals surface area contributed by atoms with E-state index < -0.39 is 30.9 Å². The van der Waals surface area contributed by atoms with Gasteiger partial charge in [0, 0.05) is 104 Å². The first-order valence-corrected chi connectivity index (χ1v) is 33.7. The molecule has 4 aromatic carbocycles. The monoisotopic (exact) mass is 1470 g/mol. The van der Waals surface area contributed by atoms with Crippen LogP contribution in [0.4, 0.5) is 49.7 Å². The minimum atomic E-state index is -3.50. The van der Waals surface area contributed by atoms with Crippen molar-refractivity contribution in [3.8, 4) is 57.0 Å². The van der Waals surface area contributed by atoms with E-state index in [0.29, 0.717) is 131 Å². The van der Waals surface area contributed by atoms with E-state index >= 15 is 0 Å². The molecule has 2 aliphatic heterocycles. The fraction of sp³-hybridized carbons (Fsp3) is 0.333. The number of nitrogens with two attached hydrogens (primary N) is 1. The van der Waals surface area contributed by atoms with Crippen molar-refractivity contribution < 1.29 is 65.7 Å². The van der Waals surface area contributed by atoms with Crippen molar-refractivity contribution in [3.05, 3.63) is 162 Å². The number of methoxy groups -OCH3 is 4. The summed E-state index contributed by atoms with van der Waals surface area (Å²) in [5.41, 5.74) is 7.92. The van der Waals surface area contributed by atoms with Crippen molar-refractivity contribution in [1.82, 2.24) is 39.7 Å². The molecule has 0 atom stereocenters. The van der Waals surface area contributed by atoms with E-state index in [-0.39, 0.29) is 72.6 Å². The standard InChI is InChI=1S/C33H34Cl2N6O7.C18H16Cl2N4O4S.C15H21N3O5/c1-33(2,3)48-32(42)40-15-19(16-40)17-47-22-9-8-20(25(13-22)41(43)44)11-21-12-24(38-18-37-21)23-7-6-10-36-31(23)39-30-28(34)26(45-4)14-27(46-5)29(30)35;1-27-12-8-13(28-2)16(20)17(15(12)19)24-18-10(5-4-6-21-18)11-7-14(23-9-22-11)29(3,25)26;1-15(2,3)23-14(19)17-7-10(8-17)9-22-11-4-5-12(16)13(6-11)18(20)21/h6-10,12-14,18-19H,11,15-17H2,1-5H3,(H,36,39);4-9H,1-3H3,(H,21,24);4-6,10H,7-9,16H2,1-3H3. The Morgan fingerprint density at radius 2 is 0.990 bits per heavy atom. The van der Waals surface area contributed by atoms with Gasteiger partial charge in [0.1, 0.15) is 95.8 Å². The van der Waals surface area contributed by atoms with Crippen molar-refractivity contribution in [2.75, 3.05) is 90.5 Å². The number of nitrogens with zero attached hydrogens (tertiary/aromatic N) is 10. The summed E-state index contributed by atoms with van der Waals surface area (Å²) < 4.78 is 67.0. The Morgan fingerprint density at radius 1 is 0.580 bits per heavy atom. The van der Waals surface area contributed by atoms with Crippen molar-refractivity contribution in [2.45, 2.75) is 64.2 Å². The fourth-order valence-corrected chi connectivity index (χ4v) is 11.4. The summed E-state index contributed by atoms with van der Waals surface area (Å²) in [7, 11) is 2.40. The number of benzene rings is 4. The molecule has 4 aromatic heterocycles. The average Bonchev–Trinajstić information content (AvgIpc) is 0.800. The highest BCUT2D eigenvalue weighted by Crippen LogP contribution is 2.48. The first-order chi connectivity index (χ1) is 47.3. The number of aromatic nitrogens is 6. The molecule has 2 aliphatic rings. The summed E-state index contributed by atoms with van der Waals surface area (Å²) in [6, 6.07) is 22.3. The molecule has 29 nitrogen and oxygen atoms in total. The van der Waals surface area contributed by atoms with Gasteiger partial charge in [0.05, 0.1) is 86.4 Å². The van der Waals surface area contributed by atoms with Gasteiger partial charge in [-0.25, -0.2) is 47.9 Å². The van der Waals surface area contributed by atoms with Gasteiger partial charge in [0.15, 0.2) is 14.9 Å². The summed E-state index contributed by atoms with van der Waals surface area (Å²) in [6.07, 6.45) is 6.25. The molecule has 0 saturated carbocycles. The number of hydrogen-bond donors (Lipinski definition) is 3. The van der Waals surface area contributed by atoms with Crippen LogP contribution in [0, 0.1) is 32.1 Å². The van der Waals surface area contributed by atoms with Crippen LogP contribution in [-0.4, -0.2) is 155 Å². The number of nitro benzene ring substituents is 2. The maximum atomic E-state index is 12.2. The zero-order valence-electron chi connectivity index (χ0n) is 56.0. The number of rotatable bonds is 21. The van der Waals surface area contributed by atoms with E-state index in [1.54, 1.807) is 76.8 Å². The lowest BCUT2D eigenvalue weighted by Crippen LogP contribution is -2.53. The third-order valence-corrected chi connectivity index (χ3v) is 17.0. The third kappa shape index (κ3) is 19.7. The molecule has 2 saturated heterocycles. The number of carbonyl (C=O) groups excluding carboxylic acids is 2. The zero-order chi connectivity index (χ0) is 73.0. The highest BCUT2D eigenvalue weighted by molar-refractivity contribution is 7.90. The molecule has 2 fully saturated rings. The number of pyridine rings is 2. The van der Waals surface area contributed by atoms with Crippen LogP contribution in [0.25, 0.3) is 22.5 Å². The number of anilines is 5. The maximum absolute atomic E-state index is 12.2. The molecule has 530 valence electrons. The van der Waals surface area contributed by atoms with Gasteiger partial charge in [0.25, 0.3) is 11.4 Å². The molecular weight excluding hydrogens is 1400 g/mol. The smallest absolute Gasteiger partial charge is 0.410 e. The number of halogens is 4. The lowest BCUT2D eigenvalue weighted by molar-refractivity contribution is -0.385. The molecule has 0 spiro atoms. The number of nitro groups is 2. The number of nitrogen functional groups attached to an aromatic ring is 1. The topological polar surface area (TPSA) is 362 Å². The lowest BCUT2D eigenvalue weighted by atomic mass is 10.0. The van der Waals surface area contributed by atoms with E-state index in [2.05, 4.69) is 40.5 Å². The molecule has 4 N–H and O–H groups in total. The van der Waals surface area contributed by atoms with Crippen LogP contribution in [0.15, 0.2) is 115 Å². The Hall–Kier alpha value is -10.0. The van der Waals surface area contributed by atoms with Crippen LogP contribution in [0.3, 0.4) is 0 Å². The number of nitrogens with one attached hydrogen (secondary N) is 2. The summed E-state index contributed by atoms with van der Waals surface area (Å²) in [5.74, 6) is 3.20. The summed E-state index contributed by atoms with van der Waals surface area (Å²) in [6.45, 7) is 13.7. The zero-order valence-corrected chi connectivity index (χ0v) is 59.8. The van der Waals surface area contributed by atoms with E-state index in [4.69, 9.17) is 90.0 Å². The first kappa shape index (κ1) is 75.8. The maximum Gasteiger partial charge on any atom is 0.410 e. The van der Waals surface area contributed by atoms with Crippen LogP contribution < -0.4 is 44.8 Å². The van der Waals surface area contributed by atoms with E-state index in [9.17, 15) is 38.2 Å². The molecule has 34 heteroatoms. The van der Waals surface area contributed by atoms with Crippen molar-refractivity contribution in [3.63, 3.8) is 0 Å².